The molecule has 34 heavy (non-hydrogen) atoms. The van der Waals surface area contributed by atoms with E-state index in [4.69, 9.17) is 9.47 Å². The standard InChI is InChI=1S/C26H26FNO5S/c1-17-23(19-10-12-22(13-11-19)32-15-18-6-7-18)4-3-5-25(17)33-16-21-9-8-20(14-24(21)27)26(29)28-34(2,30)31/h3-5,8-14,18H,6-7,15-16H2,1-2H3,(H,28,29). The number of nitrogens with one attached hydrogen (secondary N) is 1. The van der Waals surface area contributed by atoms with E-state index in [1.165, 1.54) is 25.0 Å². The van der Waals surface area contributed by atoms with E-state index in [0.29, 0.717) is 11.7 Å². The number of rotatable bonds is 9. The summed E-state index contributed by atoms with van der Waals surface area (Å²) in [7, 11) is -3.73. The summed E-state index contributed by atoms with van der Waals surface area (Å²) >= 11 is 0. The highest BCUT2D eigenvalue weighted by molar-refractivity contribution is 7.89. The van der Waals surface area contributed by atoms with Crippen LogP contribution in [-0.4, -0.2) is 27.2 Å². The second-order valence-corrected chi connectivity index (χ2v) is 10.3. The Labute approximate surface area is 198 Å². The fraction of sp³-hybridized carbons (Fsp3) is 0.269. The molecule has 1 saturated carbocycles. The van der Waals surface area contributed by atoms with Gasteiger partial charge in [0.15, 0.2) is 0 Å². The lowest BCUT2D eigenvalue weighted by molar-refractivity contribution is 0.0981. The molecule has 0 atom stereocenters. The van der Waals surface area contributed by atoms with Gasteiger partial charge in [0.2, 0.25) is 10.0 Å². The minimum absolute atomic E-state index is 0.0436. The number of carbonyl (C=O) groups excluding carboxylic acids is 1. The van der Waals surface area contributed by atoms with Crippen LogP contribution >= 0.6 is 0 Å². The normalized spacial score (nSPS) is 13.4. The van der Waals surface area contributed by atoms with Crippen molar-refractivity contribution in [2.24, 2.45) is 5.92 Å². The maximum Gasteiger partial charge on any atom is 0.264 e. The quantitative estimate of drug-likeness (QED) is 0.470. The first-order valence-electron chi connectivity index (χ1n) is 11.0. The summed E-state index contributed by atoms with van der Waals surface area (Å²) in [5, 5.41) is 0. The van der Waals surface area contributed by atoms with Crippen molar-refractivity contribution in [3.63, 3.8) is 0 Å². The molecule has 4 rings (SSSR count). The summed E-state index contributed by atoms with van der Waals surface area (Å²) in [5.41, 5.74) is 3.10. The lowest BCUT2D eigenvalue weighted by Crippen LogP contribution is -2.29. The van der Waals surface area contributed by atoms with Gasteiger partial charge in [-0.1, -0.05) is 30.3 Å². The highest BCUT2D eigenvalue weighted by Gasteiger charge is 2.22. The predicted octanol–water partition coefficient (Wildman–Crippen LogP) is 4.86. The summed E-state index contributed by atoms with van der Waals surface area (Å²) in [6.07, 6.45) is 3.35. The fourth-order valence-corrected chi connectivity index (χ4v) is 3.96. The van der Waals surface area contributed by atoms with Crippen LogP contribution in [0.25, 0.3) is 11.1 Å². The Morgan fingerprint density at radius 2 is 1.79 bits per heavy atom. The van der Waals surface area contributed by atoms with Gasteiger partial charge in [0, 0.05) is 11.1 Å². The molecule has 1 aliphatic carbocycles. The topological polar surface area (TPSA) is 81.7 Å². The summed E-state index contributed by atoms with van der Waals surface area (Å²) in [6.45, 7) is 2.66. The van der Waals surface area contributed by atoms with Crippen molar-refractivity contribution in [3.8, 4) is 22.6 Å². The third-order valence-electron chi connectivity index (χ3n) is 5.61. The van der Waals surface area contributed by atoms with E-state index in [1.54, 1.807) is 0 Å². The summed E-state index contributed by atoms with van der Waals surface area (Å²) < 4.78 is 50.4. The summed E-state index contributed by atoms with van der Waals surface area (Å²) in [4.78, 5) is 11.9. The molecule has 0 bridgehead atoms. The molecule has 1 amide bonds. The lowest BCUT2D eigenvalue weighted by Gasteiger charge is -2.14. The number of sulfonamides is 1. The monoisotopic (exact) mass is 483 g/mol. The van der Waals surface area contributed by atoms with Gasteiger partial charge in [-0.3, -0.25) is 4.79 Å². The molecule has 1 fully saturated rings. The summed E-state index contributed by atoms with van der Waals surface area (Å²) in [6, 6.07) is 17.4. The van der Waals surface area contributed by atoms with Crippen LogP contribution in [0.4, 0.5) is 4.39 Å². The molecular formula is C26H26FNO5S. The van der Waals surface area contributed by atoms with Crippen LogP contribution in [-0.2, 0) is 16.6 Å². The van der Waals surface area contributed by atoms with Crippen molar-refractivity contribution in [1.82, 2.24) is 4.72 Å². The Morgan fingerprint density at radius 1 is 1.06 bits per heavy atom. The lowest BCUT2D eigenvalue weighted by atomic mass is 10.00. The third-order valence-corrected chi connectivity index (χ3v) is 6.16. The number of hydrogen-bond donors (Lipinski definition) is 1. The van der Waals surface area contributed by atoms with E-state index < -0.39 is 21.7 Å². The second kappa shape index (κ2) is 9.85. The van der Waals surface area contributed by atoms with Crippen LogP contribution < -0.4 is 14.2 Å². The molecule has 6 nitrogen and oxygen atoms in total. The Bertz CT molecular complexity index is 1300. The van der Waals surface area contributed by atoms with E-state index >= 15 is 0 Å². The molecule has 0 heterocycles. The summed E-state index contributed by atoms with van der Waals surface area (Å²) in [5.74, 6) is 0.620. The van der Waals surface area contributed by atoms with Gasteiger partial charge in [0.05, 0.1) is 12.9 Å². The first kappa shape index (κ1) is 23.8. The molecule has 8 heteroatoms. The zero-order chi connectivity index (χ0) is 24.3. The van der Waals surface area contributed by atoms with Crippen LogP contribution in [0.1, 0.15) is 34.3 Å². The van der Waals surface area contributed by atoms with Gasteiger partial charge in [-0.15, -0.1) is 0 Å². The number of amides is 1. The molecule has 1 N–H and O–H groups in total. The van der Waals surface area contributed by atoms with Crippen LogP contribution in [0.3, 0.4) is 0 Å². The van der Waals surface area contributed by atoms with E-state index in [1.807, 2.05) is 54.1 Å². The minimum Gasteiger partial charge on any atom is -0.493 e. The van der Waals surface area contributed by atoms with Crippen LogP contribution in [0.15, 0.2) is 60.7 Å². The molecule has 3 aromatic rings. The molecule has 3 aromatic carbocycles. The number of benzene rings is 3. The number of carbonyl (C=O) groups is 1. The Hall–Kier alpha value is -3.39. The van der Waals surface area contributed by atoms with Crippen molar-refractivity contribution in [2.75, 3.05) is 12.9 Å². The molecule has 0 aromatic heterocycles. The van der Waals surface area contributed by atoms with E-state index in [9.17, 15) is 17.6 Å². The maximum absolute atomic E-state index is 14.5. The average molecular weight is 484 g/mol. The van der Waals surface area contributed by atoms with Gasteiger partial charge in [-0.2, -0.15) is 0 Å². The van der Waals surface area contributed by atoms with Gasteiger partial charge < -0.3 is 9.47 Å². The molecule has 0 saturated heterocycles. The second-order valence-electron chi connectivity index (χ2n) is 8.51. The number of halogens is 1. The molecule has 0 unspecified atom stereocenters. The van der Waals surface area contributed by atoms with Gasteiger partial charge >= 0.3 is 0 Å². The highest BCUT2D eigenvalue weighted by Crippen LogP contribution is 2.33. The van der Waals surface area contributed by atoms with Crippen LogP contribution in [0, 0.1) is 18.7 Å². The molecular weight excluding hydrogens is 457 g/mol. The van der Waals surface area contributed by atoms with Crippen LogP contribution in [0.5, 0.6) is 11.5 Å². The van der Waals surface area contributed by atoms with Crippen molar-refractivity contribution < 1.29 is 27.1 Å². The van der Waals surface area contributed by atoms with E-state index in [2.05, 4.69) is 0 Å². The molecule has 178 valence electrons. The van der Waals surface area contributed by atoms with Crippen molar-refractivity contribution in [2.45, 2.75) is 26.4 Å². The zero-order valence-electron chi connectivity index (χ0n) is 19.0. The third kappa shape index (κ3) is 6.14. The largest absolute Gasteiger partial charge is 0.493 e. The Morgan fingerprint density at radius 3 is 2.44 bits per heavy atom. The molecule has 0 radical (unpaired) electrons. The van der Waals surface area contributed by atoms with Gasteiger partial charge in [0.25, 0.3) is 5.91 Å². The fourth-order valence-electron chi connectivity index (χ4n) is 3.50. The first-order chi connectivity index (χ1) is 16.2. The van der Waals surface area contributed by atoms with E-state index in [0.717, 1.165) is 41.4 Å². The van der Waals surface area contributed by atoms with Crippen LogP contribution in [0.2, 0.25) is 0 Å². The van der Waals surface area contributed by atoms with Crippen molar-refractivity contribution in [3.05, 3.63) is 83.2 Å². The SMILES string of the molecule is Cc1c(OCc2ccc(C(=O)NS(C)(=O)=O)cc2F)cccc1-c1ccc(OCC2CC2)cc1. The van der Waals surface area contributed by atoms with Gasteiger partial charge in [-0.25, -0.2) is 17.5 Å². The Balaban J connectivity index is 1.43. The Kier molecular flexibility index (Phi) is 6.88. The molecule has 0 aliphatic heterocycles. The maximum atomic E-state index is 14.5. The van der Waals surface area contributed by atoms with Crippen molar-refractivity contribution in [1.29, 1.82) is 0 Å². The predicted molar refractivity (Wildman–Crippen MR) is 128 cm³/mol. The average Bonchev–Trinajstić information content (AvgIpc) is 3.61. The van der Waals surface area contributed by atoms with Gasteiger partial charge in [0.1, 0.15) is 23.9 Å². The smallest absolute Gasteiger partial charge is 0.264 e. The van der Waals surface area contributed by atoms with E-state index in [-0.39, 0.29) is 17.7 Å². The molecule has 0 spiro atoms. The van der Waals surface area contributed by atoms with Gasteiger partial charge in [-0.05, 0) is 72.7 Å². The highest BCUT2D eigenvalue weighted by atomic mass is 32.2. The molecule has 1 aliphatic rings. The minimum atomic E-state index is -3.73. The first-order valence-corrected chi connectivity index (χ1v) is 12.8. The number of ether oxygens (including phenoxy) is 2. The zero-order valence-corrected chi connectivity index (χ0v) is 19.8. The van der Waals surface area contributed by atoms with Crippen molar-refractivity contribution >= 4 is 15.9 Å². The number of hydrogen-bond acceptors (Lipinski definition) is 5.